The molecule has 0 spiro atoms. The van der Waals surface area contributed by atoms with Crippen LogP contribution >= 0.6 is 0 Å². The average Bonchev–Trinajstić information content (AvgIpc) is 1.90. The molecule has 7 heavy (non-hydrogen) atoms. The largest absolute Gasteiger partial charge is 0.489 e. The summed E-state index contributed by atoms with van der Waals surface area (Å²) in [6, 6.07) is 0. The first-order valence-electron chi connectivity index (χ1n) is 2.11. The van der Waals surface area contributed by atoms with Gasteiger partial charge >= 0.3 is 0 Å². The zero-order valence-electron chi connectivity index (χ0n) is 3.85. The van der Waals surface area contributed by atoms with Gasteiger partial charge in [0.25, 0.3) is 0 Å². The lowest BCUT2D eigenvalue weighted by atomic mass is 10.7. The summed E-state index contributed by atoms with van der Waals surface area (Å²) in [6.45, 7) is 1.44. The lowest BCUT2D eigenvalue weighted by Gasteiger charge is -1.92. The Hall–Kier alpha value is -0.950. The summed E-state index contributed by atoms with van der Waals surface area (Å²) in [5, 5.41) is 3.59. The van der Waals surface area contributed by atoms with Gasteiger partial charge in [0.05, 0.1) is 6.54 Å². The van der Waals surface area contributed by atoms with Crippen molar-refractivity contribution in [3.05, 3.63) is 6.26 Å². The van der Waals surface area contributed by atoms with Crippen molar-refractivity contribution in [3.8, 4) is 0 Å². The highest BCUT2D eigenvalue weighted by atomic mass is 16.5. The van der Waals surface area contributed by atoms with E-state index in [0.29, 0.717) is 6.61 Å². The summed E-state index contributed by atoms with van der Waals surface area (Å²) in [6.07, 6.45) is 1.44. The Labute approximate surface area is 41.7 Å². The van der Waals surface area contributed by atoms with Gasteiger partial charge < -0.3 is 4.74 Å². The predicted molar refractivity (Wildman–Crippen MR) is 26.0 cm³/mol. The minimum Gasteiger partial charge on any atom is -0.489 e. The monoisotopic (exact) mass is 98.0 g/mol. The van der Waals surface area contributed by atoms with Crippen molar-refractivity contribution in [3.63, 3.8) is 0 Å². The molecule has 38 valence electrons. The molecule has 0 unspecified atom stereocenters. The van der Waals surface area contributed by atoms with E-state index in [9.17, 15) is 0 Å². The normalized spacial score (nSPS) is 17.1. The van der Waals surface area contributed by atoms with Crippen LogP contribution in [-0.2, 0) is 4.74 Å². The van der Waals surface area contributed by atoms with Gasteiger partial charge in [-0.3, -0.25) is 5.43 Å². The van der Waals surface area contributed by atoms with E-state index in [1.165, 1.54) is 6.26 Å². The van der Waals surface area contributed by atoms with Crippen LogP contribution in [0.2, 0.25) is 0 Å². The summed E-state index contributed by atoms with van der Waals surface area (Å²) >= 11 is 0. The molecule has 0 saturated carbocycles. The molecule has 0 fully saturated rings. The lowest BCUT2D eigenvalue weighted by Crippen LogP contribution is -2.09. The summed E-state index contributed by atoms with van der Waals surface area (Å²) in [5.41, 5.74) is 2.70. The quantitative estimate of drug-likeness (QED) is 0.451. The lowest BCUT2D eigenvalue weighted by molar-refractivity contribution is 0.258. The maximum atomic E-state index is 4.80. The van der Waals surface area contributed by atoms with Gasteiger partial charge in [-0.1, -0.05) is 0 Å². The van der Waals surface area contributed by atoms with Crippen molar-refractivity contribution in [2.75, 3.05) is 13.2 Å². The van der Waals surface area contributed by atoms with E-state index in [-0.39, 0.29) is 0 Å². The second kappa shape index (κ2) is 2.26. The Bertz CT molecular complexity index is 94.3. The maximum absolute atomic E-state index is 4.80. The molecule has 0 saturated heterocycles. The first-order valence-corrected chi connectivity index (χ1v) is 2.11. The molecule has 3 nitrogen and oxygen atoms in total. The van der Waals surface area contributed by atoms with E-state index in [1.54, 1.807) is 0 Å². The highest BCUT2D eigenvalue weighted by Crippen LogP contribution is 1.73. The van der Waals surface area contributed by atoms with Gasteiger partial charge in [0.2, 0.25) is 0 Å². The Morgan fingerprint density at radius 2 is 2.86 bits per heavy atom. The molecule has 0 aromatic rings. The van der Waals surface area contributed by atoms with Gasteiger partial charge in [-0.05, 0) is 0 Å². The summed E-state index contributed by atoms with van der Waals surface area (Å²) in [5.74, 6) is 2.51. The maximum Gasteiger partial charge on any atom is 0.146 e. The standard InChI is InChI=1S/C4H6N2O/c1-3-7-4-2-6-5-1/h4-5H,1,3H2. The molecule has 0 radical (unpaired) electrons. The van der Waals surface area contributed by atoms with Crippen LogP contribution in [0.15, 0.2) is 11.4 Å². The molecule has 1 aliphatic heterocycles. The van der Waals surface area contributed by atoms with E-state index in [4.69, 9.17) is 4.74 Å². The number of nitrogens with zero attached hydrogens (tertiary/aromatic N) is 1. The SMILES string of the molecule is C1=COCCNN=1. The zero-order valence-corrected chi connectivity index (χ0v) is 3.85. The van der Waals surface area contributed by atoms with Gasteiger partial charge in [-0.15, -0.1) is 5.10 Å². The number of ether oxygens (including phenoxy) is 1. The first-order chi connectivity index (χ1) is 3.50. The van der Waals surface area contributed by atoms with Crippen LogP contribution in [0.5, 0.6) is 0 Å². The number of hydrogen-bond acceptors (Lipinski definition) is 3. The summed E-state index contributed by atoms with van der Waals surface area (Å²) in [4.78, 5) is 0. The molecular formula is C4H6N2O. The smallest absolute Gasteiger partial charge is 0.146 e. The molecular weight excluding hydrogens is 92.1 g/mol. The van der Waals surface area contributed by atoms with Crippen molar-refractivity contribution in [1.82, 2.24) is 5.43 Å². The number of hydrazone groups is 1. The van der Waals surface area contributed by atoms with Gasteiger partial charge in [0.15, 0.2) is 0 Å². The van der Waals surface area contributed by atoms with Crippen LogP contribution in [0.25, 0.3) is 0 Å². The average molecular weight is 98.1 g/mol. The Kier molecular flexibility index (Phi) is 1.36. The molecule has 1 aliphatic rings. The van der Waals surface area contributed by atoms with Crippen LogP contribution in [0.1, 0.15) is 0 Å². The van der Waals surface area contributed by atoms with Crippen molar-refractivity contribution >= 4 is 5.87 Å². The van der Waals surface area contributed by atoms with Crippen LogP contribution in [0.4, 0.5) is 0 Å². The molecule has 0 bridgehead atoms. The van der Waals surface area contributed by atoms with Crippen LogP contribution in [0.3, 0.4) is 0 Å². The van der Waals surface area contributed by atoms with Crippen molar-refractivity contribution in [2.45, 2.75) is 0 Å². The first kappa shape index (κ1) is 4.22. The molecule has 0 atom stereocenters. The van der Waals surface area contributed by atoms with Gasteiger partial charge in [0, 0.05) is 5.87 Å². The highest BCUT2D eigenvalue weighted by molar-refractivity contribution is 5.49. The third kappa shape index (κ3) is 1.28. The predicted octanol–water partition coefficient (Wildman–Crippen LogP) is -0.295. The van der Waals surface area contributed by atoms with Gasteiger partial charge in [-0.25, -0.2) is 0 Å². The fraction of sp³-hybridized carbons (Fsp3) is 0.500. The molecule has 1 N–H and O–H groups in total. The number of nitrogens with one attached hydrogen (secondary N) is 1. The molecule has 3 heteroatoms. The minimum absolute atomic E-state index is 0.677. The fourth-order valence-corrected chi connectivity index (χ4v) is 0.329. The minimum atomic E-state index is 0.677. The Morgan fingerprint density at radius 1 is 1.86 bits per heavy atom. The fourth-order valence-electron chi connectivity index (χ4n) is 0.329. The van der Waals surface area contributed by atoms with Gasteiger partial charge in [-0.2, -0.15) is 0 Å². The van der Waals surface area contributed by atoms with Crippen LogP contribution in [-0.4, -0.2) is 19.0 Å². The molecule has 0 aromatic heterocycles. The van der Waals surface area contributed by atoms with E-state index >= 15 is 0 Å². The van der Waals surface area contributed by atoms with Crippen molar-refractivity contribution < 1.29 is 4.74 Å². The van der Waals surface area contributed by atoms with Crippen molar-refractivity contribution in [2.24, 2.45) is 5.10 Å². The van der Waals surface area contributed by atoms with E-state index in [0.717, 1.165) is 6.54 Å². The molecule has 0 amide bonds. The summed E-state index contributed by atoms with van der Waals surface area (Å²) in [7, 11) is 0. The molecule has 1 heterocycles. The number of hydrogen-bond donors (Lipinski definition) is 1. The summed E-state index contributed by atoms with van der Waals surface area (Å²) < 4.78 is 4.80. The third-order valence-corrected chi connectivity index (χ3v) is 0.611. The van der Waals surface area contributed by atoms with Crippen LogP contribution in [0, 0.1) is 0 Å². The molecule has 0 aliphatic carbocycles. The topological polar surface area (TPSA) is 33.6 Å². The Balaban J connectivity index is 2.40. The molecule has 0 aromatic carbocycles. The van der Waals surface area contributed by atoms with Crippen LogP contribution < -0.4 is 5.43 Å². The van der Waals surface area contributed by atoms with E-state index < -0.39 is 0 Å². The number of rotatable bonds is 0. The second-order valence-electron chi connectivity index (χ2n) is 1.14. The van der Waals surface area contributed by atoms with Gasteiger partial charge in [0.1, 0.15) is 12.9 Å². The third-order valence-electron chi connectivity index (χ3n) is 0.611. The van der Waals surface area contributed by atoms with E-state index in [1.807, 2.05) is 0 Å². The van der Waals surface area contributed by atoms with E-state index in [2.05, 4.69) is 16.4 Å². The second-order valence-corrected chi connectivity index (χ2v) is 1.14. The Morgan fingerprint density at radius 3 is 3.86 bits per heavy atom. The zero-order chi connectivity index (χ0) is 4.95. The van der Waals surface area contributed by atoms with Crippen molar-refractivity contribution in [1.29, 1.82) is 0 Å². The highest BCUT2D eigenvalue weighted by Gasteiger charge is 1.81. The molecule has 1 rings (SSSR count).